The number of imidazole rings is 1. The summed E-state index contributed by atoms with van der Waals surface area (Å²) in [4.78, 5) is 30.1. The number of amides is 1. The number of nitrogens with zero attached hydrogens (tertiary/aromatic N) is 3. The van der Waals surface area contributed by atoms with Gasteiger partial charge in [0.15, 0.2) is 0 Å². The summed E-state index contributed by atoms with van der Waals surface area (Å²) in [5.74, 6) is -0.0802. The van der Waals surface area contributed by atoms with Crippen molar-refractivity contribution in [3.63, 3.8) is 0 Å². The van der Waals surface area contributed by atoms with Crippen molar-refractivity contribution in [3.8, 4) is 11.8 Å². The highest BCUT2D eigenvalue weighted by atomic mass is 19.4. The Kier molecular flexibility index (Phi) is 6.01. The molecule has 1 spiro atoms. The number of rotatable bonds is 5. The lowest BCUT2D eigenvalue weighted by Gasteiger charge is -2.41. The molecule has 1 saturated heterocycles. The molecule has 2 fully saturated rings. The zero-order valence-electron chi connectivity index (χ0n) is 21.8. The number of hydrogen-bond donors (Lipinski definition) is 3. The number of fused-ring (bicyclic) bond motifs is 3. The van der Waals surface area contributed by atoms with Gasteiger partial charge in [-0.05, 0) is 75.5 Å². The molecule has 1 saturated carbocycles. The van der Waals surface area contributed by atoms with Crippen molar-refractivity contribution in [3.05, 3.63) is 57.5 Å². The second-order valence-corrected chi connectivity index (χ2v) is 11.3. The second-order valence-electron chi connectivity index (χ2n) is 11.3. The molecule has 0 bridgehead atoms. The van der Waals surface area contributed by atoms with Gasteiger partial charge >= 0.3 is 11.9 Å². The van der Waals surface area contributed by atoms with Crippen LogP contribution in [0.3, 0.4) is 0 Å². The number of aromatic nitrogens is 2. The van der Waals surface area contributed by atoms with Gasteiger partial charge in [0.25, 0.3) is 0 Å². The summed E-state index contributed by atoms with van der Waals surface area (Å²) in [5, 5.41) is 22.3. The molecule has 3 heterocycles. The summed E-state index contributed by atoms with van der Waals surface area (Å²) in [6.45, 7) is 3.32. The van der Waals surface area contributed by atoms with Crippen LogP contribution in [-0.2, 0) is 16.4 Å². The molecule has 2 aliphatic heterocycles. The lowest BCUT2D eigenvalue weighted by atomic mass is 9.73. The van der Waals surface area contributed by atoms with Crippen LogP contribution in [0.5, 0.6) is 5.75 Å². The number of likely N-dealkylation sites (tertiary alicyclic amines) is 1. The third-order valence-corrected chi connectivity index (χ3v) is 8.54. The summed E-state index contributed by atoms with van der Waals surface area (Å²) >= 11 is 0. The van der Waals surface area contributed by atoms with Crippen LogP contribution in [0.25, 0.3) is 11.0 Å². The number of alkyl halides is 3. The number of nitriles is 1. The van der Waals surface area contributed by atoms with Crippen LogP contribution in [-0.4, -0.2) is 57.3 Å². The van der Waals surface area contributed by atoms with Gasteiger partial charge in [0.1, 0.15) is 12.4 Å². The number of ether oxygens (including phenoxy) is 1. The van der Waals surface area contributed by atoms with Crippen molar-refractivity contribution in [1.29, 1.82) is 5.26 Å². The van der Waals surface area contributed by atoms with E-state index in [1.165, 1.54) is 6.07 Å². The molecule has 0 atom stereocenters. The Labute approximate surface area is 227 Å². The van der Waals surface area contributed by atoms with E-state index in [0.717, 1.165) is 21.9 Å². The van der Waals surface area contributed by atoms with Crippen molar-refractivity contribution in [1.82, 2.24) is 14.5 Å². The van der Waals surface area contributed by atoms with E-state index in [9.17, 15) is 33.1 Å². The Morgan fingerprint density at radius 2 is 1.90 bits per heavy atom. The molecule has 3 aliphatic rings. The molecule has 1 aliphatic carbocycles. The summed E-state index contributed by atoms with van der Waals surface area (Å²) in [5.41, 5.74) is -1.46. The molecule has 12 heteroatoms. The molecule has 3 aromatic rings. The number of nitrogens with one attached hydrogen (secondary N) is 2. The Hall–Kier alpha value is -3.82. The molecule has 0 unspecified atom stereocenters. The second kappa shape index (κ2) is 9.11. The molecule has 6 rings (SSSR count). The first kappa shape index (κ1) is 26.4. The van der Waals surface area contributed by atoms with Crippen LogP contribution in [0.1, 0.15) is 55.3 Å². The van der Waals surface area contributed by atoms with Gasteiger partial charge in [-0.25, -0.2) is 4.79 Å². The summed E-state index contributed by atoms with van der Waals surface area (Å²) in [6, 6.07) is 9.12. The molecule has 3 N–H and O–H groups in total. The van der Waals surface area contributed by atoms with Gasteiger partial charge in [-0.1, -0.05) is 0 Å². The van der Waals surface area contributed by atoms with Crippen LogP contribution in [0, 0.1) is 11.3 Å². The van der Waals surface area contributed by atoms with E-state index < -0.39 is 34.5 Å². The van der Waals surface area contributed by atoms with Crippen molar-refractivity contribution in [2.45, 2.75) is 55.8 Å². The van der Waals surface area contributed by atoms with E-state index in [0.29, 0.717) is 38.0 Å². The van der Waals surface area contributed by atoms with E-state index in [2.05, 4.69) is 21.3 Å². The number of anilines is 1. The van der Waals surface area contributed by atoms with Crippen LogP contribution in [0.15, 0.2) is 35.1 Å². The summed E-state index contributed by atoms with van der Waals surface area (Å²) < 4.78 is 49.1. The van der Waals surface area contributed by atoms with Crippen LogP contribution >= 0.6 is 0 Å². The van der Waals surface area contributed by atoms with Crippen LogP contribution < -0.4 is 15.7 Å². The fraction of sp³-hybridized carbons (Fsp3) is 0.464. The average molecular weight is 556 g/mol. The SMILES string of the molecule is CC1(O)CC(n2c(=O)[nH]c3cc(OCCN4CCC5(CC4)C(=O)Nc4ccc(C#N)cc45)cc(C(F)(F)F)c32)C1. The minimum Gasteiger partial charge on any atom is -0.492 e. The minimum atomic E-state index is -4.72. The number of aliphatic hydroxyl groups is 1. The Bertz CT molecular complexity index is 1600. The standard InChI is InChI=1S/C28H28F3N5O4/c1-26(39)13-17(14-26)36-23-20(28(29,30)31)11-18(12-22(23)34-25(36)38)40-9-8-35-6-4-27(5-7-35)19-10-16(15-32)2-3-21(19)33-24(27)37/h2-3,10-12,17,39H,4-9,13-14H2,1H3,(H,33,37)(H,34,38). The Balaban J connectivity index is 1.15. The molecule has 40 heavy (non-hydrogen) atoms. The van der Waals surface area contributed by atoms with Gasteiger partial charge in [0, 0.05) is 24.3 Å². The first-order valence-electron chi connectivity index (χ1n) is 13.2. The van der Waals surface area contributed by atoms with Crippen molar-refractivity contribution in [2.75, 3.05) is 31.6 Å². The highest BCUT2D eigenvalue weighted by Gasteiger charge is 2.48. The molecule has 9 nitrogen and oxygen atoms in total. The average Bonchev–Trinajstić information content (AvgIpc) is 3.34. The maximum Gasteiger partial charge on any atom is 0.418 e. The maximum atomic E-state index is 14.1. The van der Waals surface area contributed by atoms with E-state index >= 15 is 0 Å². The van der Waals surface area contributed by atoms with E-state index in [1.807, 2.05) is 0 Å². The number of aromatic amines is 1. The highest BCUT2D eigenvalue weighted by molar-refractivity contribution is 6.06. The number of H-pyrrole nitrogens is 1. The topological polar surface area (TPSA) is 123 Å². The molecular formula is C28H28F3N5O4. The number of piperidine rings is 1. The number of halogens is 3. The number of benzene rings is 2. The van der Waals surface area contributed by atoms with Crippen molar-refractivity contribution in [2.24, 2.45) is 0 Å². The third kappa shape index (κ3) is 4.33. The monoisotopic (exact) mass is 555 g/mol. The van der Waals surface area contributed by atoms with Gasteiger partial charge in [0.05, 0.1) is 39.2 Å². The fourth-order valence-electron chi connectivity index (χ4n) is 6.46. The normalized spacial score (nSPS) is 24.0. The lowest BCUT2D eigenvalue weighted by Crippen LogP contribution is -2.47. The van der Waals surface area contributed by atoms with Gasteiger partial charge in [-0.15, -0.1) is 0 Å². The molecule has 1 aromatic heterocycles. The van der Waals surface area contributed by atoms with Crippen molar-refractivity contribution < 1.29 is 27.8 Å². The fourth-order valence-corrected chi connectivity index (χ4v) is 6.46. The van der Waals surface area contributed by atoms with Crippen LogP contribution in [0.4, 0.5) is 18.9 Å². The zero-order valence-corrected chi connectivity index (χ0v) is 21.8. The number of hydrogen-bond acceptors (Lipinski definition) is 6. The summed E-state index contributed by atoms with van der Waals surface area (Å²) in [7, 11) is 0. The van der Waals surface area contributed by atoms with Crippen molar-refractivity contribution >= 4 is 22.6 Å². The predicted molar refractivity (Wildman–Crippen MR) is 139 cm³/mol. The van der Waals surface area contributed by atoms with E-state index in [-0.39, 0.29) is 42.1 Å². The Morgan fingerprint density at radius 3 is 2.55 bits per heavy atom. The highest BCUT2D eigenvalue weighted by Crippen LogP contribution is 2.46. The maximum absolute atomic E-state index is 14.1. The molecule has 2 aromatic carbocycles. The number of carbonyl (C=O) groups excluding carboxylic acids is 1. The Morgan fingerprint density at radius 1 is 1.18 bits per heavy atom. The molecular weight excluding hydrogens is 527 g/mol. The van der Waals surface area contributed by atoms with Crippen LogP contribution in [0.2, 0.25) is 0 Å². The van der Waals surface area contributed by atoms with Gasteiger partial charge in [-0.3, -0.25) is 14.3 Å². The molecule has 210 valence electrons. The molecule has 1 amide bonds. The summed E-state index contributed by atoms with van der Waals surface area (Å²) in [6.07, 6.45) is -3.23. The van der Waals surface area contributed by atoms with E-state index in [1.54, 1.807) is 25.1 Å². The van der Waals surface area contributed by atoms with Gasteiger partial charge in [0.2, 0.25) is 5.91 Å². The lowest BCUT2D eigenvalue weighted by molar-refractivity contribution is -0.136. The smallest absolute Gasteiger partial charge is 0.418 e. The number of carbonyl (C=O) groups is 1. The minimum absolute atomic E-state index is 0.00422. The van der Waals surface area contributed by atoms with Gasteiger partial charge in [-0.2, -0.15) is 18.4 Å². The largest absolute Gasteiger partial charge is 0.492 e. The van der Waals surface area contributed by atoms with E-state index in [4.69, 9.17) is 4.74 Å². The zero-order chi connectivity index (χ0) is 28.4. The molecule has 0 radical (unpaired) electrons. The predicted octanol–water partition coefficient (Wildman–Crippen LogP) is 3.67. The first-order chi connectivity index (χ1) is 18.9. The van der Waals surface area contributed by atoms with Gasteiger partial charge < -0.3 is 20.1 Å². The first-order valence-corrected chi connectivity index (χ1v) is 13.2. The third-order valence-electron chi connectivity index (χ3n) is 8.54. The quantitative estimate of drug-likeness (QED) is 0.442.